The van der Waals surface area contributed by atoms with Crippen molar-refractivity contribution in [1.82, 2.24) is 0 Å². The first-order valence-corrected chi connectivity index (χ1v) is 19.3. The number of thiophene rings is 1. The van der Waals surface area contributed by atoms with E-state index in [0.717, 1.165) is 11.8 Å². The van der Waals surface area contributed by atoms with Crippen molar-refractivity contribution in [2.75, 3.05) is 4.90 Å². The third-order valence-electron chi connectivity index (χ3n) is 12.4. The van der Waals surface area contributed by atoms with Crippen molar-refractivity contribution in [1.29, 1.82) is 0 Å². The van der Waals surface area contributed by atoms with E-state index in [2.05, 4.69) is 169 Å². The normalized spacial score (nSPS) is 19.9. The molecule has 0 radical (unpaired) electrons. The largest absolute Gasteiger partial charge is 0.310 e. The van der Waals surface area contributed by atoms with Gasteiger partial charge >= 0.3 is 0 Å². The SMILES string of the molecule is c1ccc(-c2ccc(N(c3ccc(-c4ccc5sc6ccccc6c5c4)cc3)c3cccc4c3-c3ccccc3C43CC4CCC3C4)cc2)cc1. The maximum absolute atomic E-state index is 2.51. The molecule has 3 aliphatic carbocycles. The van der Waals surface area contributed by atoms with Gasteiger partial charge in [0.1, 0.15) is 0 Å². The lowest BCUT2D eigenvalue weighted by molar-refractivity contribution is 0.327. The first-order valence-electron chi connectivity index (χ1n) is 18.5. The van der Waals surface area contributed by atoms with Gasteiger partial charge in [0.25, 0.3) is 0 Å². The van der Waals surface area contributed by atoms with Crippen molar-refractivity contribution in [3.8, 4) is 33.4 Å². The van der Waals surface area contributed by atoms with E-state index < -0.39 is 0 Å². The van der Waals surface area contributed by atoms with Crippen LogP contribution in [-0.2, 0) is 5.41 Å². The molecule has 0 amide bonds. The van der Waals surface area contributed by atoms with Crippen LogP contribution in [0.3, 0.4) is 0 Å². The van der Waals surface area contributed by atoms with E-state index in [-0.39, 0.29) is 5.41 Å². The van der Waals surface area contributed by atoms with Crippen molar-refractivity contribution < 1.29 is 0 Å². The van der Waals surface area contributed by atoms with E-state index in [1.54, 1.807) is 11.1 Å². The minimum absolute atomic E-state index is 0.141. The van der Waals surface area contributed by atoms with E-state index in [0.29, 0.717) is 0 Å². The molecule has 7 aromatic carbocycles. The molecule has 1 nitrogen and oxygen atoms in total. The Labute approximate surface area is 303 Å². The van der Waals surface area contributed by atoms with Gasteiger partial charge in [0.15, 0.2) is 0 Å². The van der Waals surface area contributed by atoms with Gasteiger partial charge < -0.3 is 4.90 Å². The van der Waals surface area contributed by atoms with Crippen LogP contribution in [-0.4, -0.2) is 0 Å². The second-order valence-corrected chi connectivity index (χ2v) is 16.0. The molecule has 8 aromatic rings. The Balaban J connectivity index is 1.07. The van der Waals surface area contributed by atoms with Crippen molar-refractivity contribution in [2.24, 2.45) is 11.8 Å². The highest BCUT2D eigenvalue weighted by molar-refractivity contribution is 7.25. The Kier molecular flexibility index (Phi) is 6.48. The first-order chi connectivity index (χ1) is 25.2. The van der Waals surface area contributed by atoms with Gasteiger partial charge in [-0.15, -0.1) is 11.3 Å². The molecular formula is C49H37NS. The summed E-state index contributed by atoms with van der Waals surface area (Å²) in [7, 11) is 0. The number of benzene rings is 7. The third kappa shape index (κ3) is 4.39. The van der Waals surface area contributed by atoms with Crippen LogP contribution in [0, 0.1) is 11.8 Å². The summed E-state index contributed by atoms with van der Waals surface area (Å²) >= 11 is 1.88. The average Bonchev–Trinajstić information content (AvgIpc) is 3.97. The van der Waals surface area contributed by atoms with E-state index >= 15 is 0 Å². The maximum atomic E-state index is 2.51. The lowest BCUT2D eigenvalue weighted by Crippen LogP contribution is -2.31. The Bertz CT molecular complexity index is 2600. The summed E-state index contributed by atoms with van der Waals surface area (Å²) in [4.78, 5) is 2.51. The second-order valence-electron chi connectivity index (χ2n) is 14.9. The molecule has 2 saturated carbocycles. The van der Waals surface area contributed by atoms with Gasteiger partial charge in [-0.25, -0.2) is 0 Å². The van der Waals surface area contributed by atoms with Crippen LogP contribution >= 0.6 is 11.3 Å². The van der Waals surface area contributed by atoms with Gasteiger partial charge in [0, 0.05) is 42.5 Å². The maximum Gasteiger partial charge on any atom is 0.0543 e. The molecule has 0 aliphatic heterocycles. The lowest BCUT2D eigenvalue weighted by atomic mass is 9.67. The Morgan fingerprint density at radius 1 is 0.510 bits per heavy atom. The van der Waals surface area contributed by atoms with Gasteiger partial charge in [0.05, 0.1) is 5.69 Å². The number of hydrogen-bond acceptors (Lipinski definition) is 2. The zero-order valence-corrected chi connectivity index (χ0v) is 29.2. The second kappa shape index (κ2) is 11.3. The van der Waals surface area contributed by atoms with E-state index in [9.17, 15) is 0 Å². The molecule has 2 bridgehead atoms. The van der Waals surface area contributed by atoms with E-state index in [4.69, 9.17) is 0 Å². The fourth-order valence-corrected chi connectivity index (χ4v) is 11.3. The fraction of sp³-hybridized carbons (Fsp3) is 0.143. The standard InChI is InChI=1S/C49H37NS/c1-2-9-33(10-3-1)34-18-24-38(25-19-34)50(39-26-20-35(21-27-39)36-22-28-47-42(30-36)40-11-5-7-16-46(40)51-47)45-15-8-14-44-48(45)41-12-4-6-13-43(41)49(44)31-32-17-23-37(49)29-32/h1-16,18-22,24-28,30,32,37H,17,23,29,31H2. The molecule has 0 N–H and O–H groups in total. The number of nitrogens with zero attached hydrogens (tertiary/aromatic N) is 1. The third-order valence-corrected chi connectivity index (χ3v) is 13.5. The summed E-state index contributed by atoms with van der Waals surface area (Å²) < 4.78 is 2.69. The lowest BCUT2D eigenvalue weighted by Gasteiger charge is -2.37. The van der Waals surface area contributed by atoms with Crippen LogP contribution in [0.4, 0.5) is 17.1 Å². The van der Waals surface area contributed by atoms with Gasteiger partial charge in [-0.2, -0.15) is 0 Å². The van der Waals surface area contributed by atoms with Crippen LogP contribution in [0.5, 0.6) is 0 Å². The summed E-state index contributed by atoms with van der Waals surface area (Å²) in [5, 5.41) is 2.68. The minimum atomic E-state index is 0.141. The number of hydrogen-bond donors (Lipinski definition) is 0. The molecule has 2 heteroatoms. The summed E-state index contributed by atoms with van der Waals surface area (Å²) in [6.07, 6.45) is 5.40. The molecule has 3 atom stereocenters. The number of anilines is 3. The van der Waals surface area contributed by atoms with Crippen molar-refractivity contribution in [3.05, 3.63) is 175 Å². The highest BCUT2D eigenvalue weighted by Gasteiger charge is 2.57. The molecule has 1 spiro atoms. The smallest absolute Gasteiger partial charge is 0.0543 e. The van der Waals surface area contributed by atoms with Gasteiger partial charge in [-0.3, -0.25) is 0 Å². The highest BCUT2D eigenvalue weighted by atomic mass is 32.1. The van der Waals surface area contributed by atoms with Crippen LogP contribution in [0.25, 0.3) is 53.6 Å². The van der Waals surface area contributed by atoms with E-state index in [1.807, 2.05) is 11.3 Å². The molecule has 0 saturated heterocycles. The zero-order valence-electron chi connectivity index (χ0n) is 28.4. The molecule has 3 aliphatic rings. The number of rotatable bonds is 5. The molecular weight excluding hydrogens is 635 g/mol. The topological polar surface area (TPSA) is 3.24 Å². The quantitative estimate of drug-likeness (QED) is 0.176. The summed E-state index contributed by atoms with van der Waals surface area (Å²) in [5.41, 5.74) is 14.7. The Hall–Kier alpha value is -5.44. The van der Waals surface area contributed by atoms with Crippen molar-refractivity contribution in [2.45, 2.75) is 31.1 Å². The molecule has 3 unspecified atom stereocenters. The first kappa shape index (κ1) is 29.3. The zero-order chi connectivity index (χ0) is 33.5. The average molecular weight is 672 g/mol. The summed E-state index contributed by atoms with van der Waals surface area (Å²) in [6.45, 7) is 0. The van der Waals surface area contributed by atoms with Crippen molar-refractivity contribution >= 4 is 48.6 Å². The molecule has 11 rings (SSSR count). The molecule has 51 heavy (non-hydrogen) atoms. The monoisotopic (exact) mass is 671 g/mol. The van der Waals surface area contributed by atoms with Gasteiger partial charge in [-0.05, 0) is 119 Å². The van der Waals surface area contributed by atoms with Gasteiger partial charge in [0.2, 0.25) is 0 Å². The summed E-state index contributed by atoms with van der Waals surface area (Å²) in [6, 6.07) is 61.3. The Morgan fingerprint density at radius 2 is 1.16 bits per heavy atom. The van der Waals surface area contributed by atoms with Gasteiger partial charge in [-0.1, -0.05) is 122 Å². The fourth-order valence-electron chi connectivity index (χ4n) is 10.2. The molecule has 2 fully saturated rings. The Morgan fingerprint density at radius 3 is 1.92 bits per heavy atom. The number of fused-ring (bicyclic) bond motifs is 11. The molecule has 1 heterocycles. The highest BCUT2D eigenvalue weighted by Crippen LogP contribution is 2.67. The van der Waals surface area contributed by atoms with E-state index in [1.165, 1.54) is 96.3 Å². The van der Waals surface area contributed by atoms with Crippen LogP contribution in [0.2, 0.25) is 0 Å². The molecule has 244 valence electrons. The van der Waals surface area contributed by atoms with Crippen LogP contribution < -0.4 is 4.90 Å². The molecule has 1 aromatic heterocycles. The predicted molar refractivity (Wildman–Crippen MR) is 217 cm³/mol. The summed E-state index contributed by atoms with van der Waals surface area (Å²) in [5.74, 6) is 1.58. The predicted octanol–water partition coefficient (Wildman–Crippen LogP) is 13.9. The minimum Gasteiger partial charge on any atom is -0.310 e. The van der Waals surface area contributed by atoms with Crippen LogP contribution in [0.15, 0.2) is 164 Å². The van der Waals surface area contributed by atoms with Crippen LogP contribution in [0.1, 0.15) is 36.8 Å². The van der Waals surface area contributed by atoms with Crippen molar-refractivity contribution in [3.63, 3.8) is 0 Å².